The van der Waals surface area contributed by atoms with E-state index < -0.39 is 41.2 Å². The molecule has 2 aromatic rings. The molecular formula is C25H22F3NO5. The lowest BCUT2D eigenvalue weighted by atomic mass is 9.81. The lowest BCUT2D eigenvalue weighted by Gasteiger charge is -2.49. The van der Waals surface area contributed by atoms with Crippen LogP contribution in [0.3, 0.4) is 0 Å². The maximum atomic E-state index is 15.1. The molecule has 2 atom stereocenters. The molecule has 9 heteroatoms. The Kier molecular flexibility index (Phi) is 6.22. The molecule has 0 aliphatic carbocycles. The van der Waals surface area contributed by atoms with Crippen molar-refractivity contribution < 1.29 is 37.0 Å². The number of esters is 2. The first-order chi connectivity index (χ1) is 16.3. The second-order valence-electron chi connectivity index (χ2n) is 7.53. The molecule has 0 amide bonds. The zero-order valence-electron chi connectivity index (χ0n) is 18.5. The van der Waals surface area contributed by atoms with Gasteiger partial charge in [0.1, 0.15) is 11.3 Å². The van der Waals surface area contributed by atoms with Crippen molar-refractivity contribution in [1.29, 1.82) is 0 Å². The van der Waals surface area contributed by atoms with Crippen molar-refractivity contribution in [2.24, 2.45) is 0 Å². The fourth-order valence-corrected chi connectivity index (χ4v) is 4.22. The van der Waals surface area contributed by atoms with Crippen LogP contribution in [0.25, 0.3) is 6.08 Å². The van der Waals surface area contributed by atoms with Gasteiger partial charge in [-0.1, -0.05) is 54.6 Å². The van der Waals surface area contributed by atoms with Crippen molar-refractivity contribution in [3.05, 3.63) is 88.8 Å². The van der Waals surface area contributed by atoms with Crippen molar-refractivity contribution in [3.63, 3.8) is 0 Å². The van der Waals surface area contributed by atoms with E-state index in [2.05, 4.69) is 0 Å². The lowest BCUT2D eigenvalue weighted by Crippen LogP contribution is -2.56. The Morgan fingerprint density at radius 3 is 2.24 bits per heavy atom. The van der Waals surface area contributed by atoms with E-state index >= 15 is 13.2 Å². The summed E-state index contributed by atoms with van der Waals surface area (Å²) >= 11 is 0. The van der Waals surface area contributed by atoms with Gasteiger partial charge in [0, 0.05) is 11.8 Å². The SMILES string of the molecule is CCOC(=O)C1=C(C(=O)OCC)C(c2ccccc2)(C(F)(F)F)OC2c3ccccc3C=CN12. The first-order valence-electron chi connectivity index (χ1n) is 10.7. The molecule has 0 bridgehead atoms. The first kappa shape index (κ1) is 23.6. The second-order valence-corrected chi connectivity index (χ2v) is 7.53. The topological polar surface area (TPSA) is 65.1 Å². The zero-order valence-corrected chi connectivity index (χ0v) is 18.5. The van der Waals surface area contributed by atoms with Gasteiger partial charge in [-0.25, -0.2) is 9.59 Å². The van der Waals surface area contributed by atoms with Crippen LogP contribution in [0.2, 0.25) is 0 Å². The Morgan fingerprint density at radius 2 is 1.59 bits per heavy atom. The lowest BCUT2D eigenvalue weighted by molar-refractivity contribution is -0.303. The molecule has 2 aromatic carbocycles. The molecule has 0 spiro atoms. The van der Waals surface area contributed by atoms with Gasteiger partial charge in [-0.05, 0) is 31.1 Å². The number of nitrogens with zero attached hydrogens (tertiary/aromatic N) is 1. The highest BCUT2D eigenvalue weighted by Crippen LogP contribution is 2.56. The van der Waals surface area contributed by atoms with Crippen LogP contribution in [-0.4, -0.2) is 36.2 Å². The molecular weight excluding hydrogens is 451 g/mol. The number of rotatable bonds is 5. The van der Waals surface area contributed by atoms with Gasteiger partial charge in [-0.15, -0.1) is 0 Å². The Balaban J connectivity index is 2.12. The van der Waals surface area contributed by atoms with Crippen molar-refractivity contribution in [2.75, 3.05) is 13.2 Å². The van der Waals surface area contributed by atoms with Gasteiger partial charge in [0.2, 0.25) is 5.60 Å². The molecule has 0 saturated heterocycles. The second kappa shape index (κ2) is 8.98. The molecule has 0 aromatic heterocycles. The highest BCUT2D eigenvalue weighted by molar-refractivity contribution is 6.02. The Hall–Kier alpha value is -3.59. The standard InChI is InChI=1S/C25H22F3NO5/c1-3-32-22(30)19-20(23(31)33-4-2)29-15-14-16-10-8-9-13-18(16)21(29)34-24(19,25(26,27)28)17-11-6-5-7-12-17/h5-15,21H,3-4H2,1-2H3. The number of hydrogen-bond acceptors (Lipinski definition) is 6. The van der Waals surface area contributed by atoms with Crippen LogP contribution in [0.4, 0.5) is 13.2 Å². The van der Waals surface area contributed by atoms with E-state index in [9.17, 15) is 9.59 Å². The molecule has 6 nitrogen and oxygen atoms in total. The third-order valence-corrected chi connectivity index (χ3v) is 5.59. The maximum absolute atomic E-state index is 15.1. The summed E-state index contributed by atoms with van der Waals surface area (Å²) in [5.41, 5.74) is -4.19. The number of benzene rings is 2. The largest absolute Gasteiger partial charge is 0.462 e. The van der Waals surface area contributed by atoms with Crippen LogP contribution in [0, 0.1) is 0 Å². The zero-order chi connectivity index (χ0) is 24.5. The van der Waals surface area contributed by atoms with Crippen LogP contribution in [0.1, 0.15) is 36.8 Å². The number of halogens is 3. The summed E-state index contributed by atoms with van der Waals surface area (Å²) in [7, 11) is 0. The smallest absolute Gasteiger partial charge is 0.426 e. The van der Waals surface area contributed by atoms with Crippen LogP contribution in [0.5, 0.6) is 0 Å². The van der Waals surface area contributed by atoms with Crippen LogP contribution in [0.15, 0.2) is 72.1 Å². The van der Waals surface area contributed by atoms with Crippen molar-refractivity contribution >= 4 is 18.0 Å². The number of ether oxygens (including phenoxy) is 3. The van der Waals surface area contributed by atoms with E-state index in [0.717, 1.165) is 0 Å². The van der Waals surface area contributed by atoms with Gasteiger partial charge in [0.25, 0.3) is 0 Å². The Labute approximate surface area is 194 Å². The average Bonchev–Trinajstić information content (AvgIpc) is 2.82. The Bertz CT molecular complexity index is 1160. The van der Waals surface area contributed by atoms with E-state index in [0.29, 0.717) is 11.1 Å². The number of carbonyl (C=O) groups excluding carboxylic acids is 2. The summed E-state index contributed by atoms with van der Waals surface area (Å²) < 4.78 is 61.4. The molecule has 2 unspecified atom stereocenters. The fraction of sp³-hybridized carbons (Fsp3) is 0.280. The summed E-state index contributed by atoms with van der Waals surface area (Å²) in [5.74, 6) is -2.41. The van der Waals surface area contributed by atoms with Crippen LogP contribution < -0.4 is 0 Å². The van der Waals surface area contributed by atoms with Crippen molar-refractivity contribution in [2.45, 2.75) is 31.9 Å². The molecule has 34 heavy (non-hydrogen) atoms. The van der Waals surface area contributed by atoms with E-state index in [-0.39, 0.29) is 18.8 Å². The Morgan fingerprint density at radius 1 is 0.971 bits per heavy atom. The summed E-state index contributed by atoms with van der Waals surface area (Å²) in [6.45, 7) is 2.67. The third kappa shape index (κ3) is 3.66. The molecule has 0 saturated carbocycles. The van der Waals surface area contributed by atoms with E-state index in [1.807, 2.05) is 0 Å². The highest BCUT2D eigenvalue weighted by atomic mass is 19.4. The molecule has 0 fully saturated rings. The van der Waals surface area contributed by atoms with E-state index in [1.54, 1.807) is 36.4 Å². The van der Waals surface area contributed by atoms with Gasteiger partial charge in [0.15, 0.2) is 6.23 Å². The molecule has 0 N–H and O–H groups in total. The molecule has 2 aliphatic heterocycles. The minimum atomic E-state index is -5.14. The minimum absolute atomic E-state index is 0.109. The number of alkyl halides is 3. The van der Waals surface area contributed by atoms with Gasteiger partial charge in [0.05, 0.1) is 13.2 Å². The highest BCUT2D eigenvalue weighted by Gasteiger charge is 2.67. The predicted octanol–water partition coefficient (Wildman–Crippen LogP) is 4.84. The van der Waals surface area contributed by atoms with Crippen LogP contribution in [-0.2, 0) is 29.4 Å². The van der Waals surface area contributed by atoms with Gasteiger partial charge < -0.3 is 19.1 Å². The quantitative estimate of drug-likeness (QED) is 0.579. The average molecular weight is 473 g/mol. The van der Waals surface area contributed by atoms with Gasteiger partial charge >= 0.3 is 18.1 Å². The van der Waals surface area contributed by atoms with Crippen molar-refractivity contribution in [1.82, 2.24) is 4.90 Å². The van der Waals surface area contributed by atoms with Crippen molar-refractivity contribution in [3.8, 4) is 0 Å². The first-order valence-corrected chi connectivity index (χ1v) is 10.7. The normalized spacial score (nSPS) is 21.6. The van der Waals surface area contributed by atoms with Crippen LogP contribution >= 0.6 is 0 Å². The summed E-state index contributed by atoms with van der Waals surface area (Å²) in [6.07, 6.45) is -3.47. The fourth-order valence-electron chi connectivity index (χ4n) is 4.22. The third-order valence-electron chi connectivity index (χ3n) is 5.59. The molecule has 178 valence electrons. The van der Waals surface area contributed by atoms with Gasteiger partial charge in [-0.2, -0.15) is 13.2 Å². The summed E-state index contributed by atoms with van der Waals surface area (Å²) in [4.78, 5) is 27.5. The summed E-state index contributed by atoms with van der Waals surface area (Å²) in [5, 5.41) is 0. The predicted molar refractivity (Wildman–Crippen MR) is 116 cm³/mol. The van der Waals surface area contributed by atoms with E-state index in [4.69, 9.17) is 14.2 Å². The van der Waals surface area contributed by atoms with Gasteiger partial charge in [-0.3, -0.25) is 0 Å². The molecule has 0 radical (unpaired) electrons. The number of hydrogen-bond donors (Lipinski definition) is 0. The summed E-state index contributed by atoms with van der Waals surface area (Å²) in [6, 6.07) is 13.5. The molecule has 4 rings (SSSR count). The number of fused-ring (bicyclic) bond motifs is 3. The minimum Gasteiger partial charge on any atom is -0.462 e. The molecule has 2 aliphatic rings. The monoisotopic (exact) mass is 473 g/mol. The number of carbonyl (C=O) groups is 2. The molecule has 2 heterocycles. The maximum Gasteiger partial charge on any atom is 0.426 e. The van der Waals surface area contributed by atoms with E-state index in [1.165, 1.54) is 49.2 Å².